The normalized spacial score (nSPS) is 11.1. The predicted octanol–water partition coefficient (Wildman–Crippen LogP) is 3.55. The van der Waals surface area contributed by atoms with Crippen LogP contribution < -0.4 is 5.73 Å². The highest BCUT2D eigenvalue weighted by molar-refractivity contribution is 5.79. The van der Waals surface area contributed by atoms with Gasteiger partial charge < -0.3 is 10.7 Å². The number of nitrogens with zero attached hydrogens (tertiary/aromatic N) is 1. The lowest BCUT2D eigenvalue weighted by Gasteiger charge is -2.00. The molecule has 0 bridgehead atoms. The zero-order valence-electron chi connectivity index (χ0n) is 11.9. The van der Waals surface area contributed by atoms with Crippen LogP contribution in [0, 0.1) is 13.8 Å². The summed E-state index contributed by atoms with van der Waals surface area (Å²) in [5, 5.41) is 0. The molecule has 0 radical (unpaired) electrons. The fraction of sp³-hybridized carbons (Fsp3) is 0.235. The first-order valence-corrected chi connectivity index (χ1v) is 6.92. The highest BCUT2D eigenvalue weighted by Gasteiger charge is 2.06. The Kier molecular flexibility index (Phi) is 3.18. The molecule has 1 aromatic heterocycles. The van der Waals surface area contributed by atoms with E-state index in [1.807, 2.05) is 18.2 Å². The molecule has 20 heavy (non-hydrogen) atoms. The van der Waals surface area contributed by atoms with Crippen molar-refractivity contribution < 1.29 is 0 Å². The monoisotopic (exact) mass is 265 g/mol. The van der Waals surface area contributed by atoms with Crippen LogP contribution in [0.4, 0.5) is 5.69 Å². The van der Waals surface area contributed by atoms with Gasteiger partial charge in [-0.3, -0.25) is 0 Å². The first-order chi connectivity index (χ1) is 9.61. The molecule has 0 aliphatic rings. The van der Waals surface area contributed by atoms with Crippen molar-refractivity contribution in [2.24, 2.45) is 0 Å². The Morgan fingerprint density at radius 2 is 1.95 bits per heavy atom. The first kappa shape index (κ1) is 12.7. The van der Waals surface area contributed by atoms with Crippen LogP contribution in [0.2, 0.25) is 0 Å². The summed E-state index contributed by atoms with van der Waals surface area (Å²) in [6, 6.07) is 12.4. The molecule has 102 valence electrons. The molecule has 0 atom stereocenters. The first-order valence-electron chi connectivity index (χ1n) is 6.92. The molecular weight excluding hydrogens is 246 g/mol. The molecule has 3 N–H and O–H groups in total. The molecule has 0 spiro atoms. The molecule has 0 amide bonds. The highest BCUT2D eigenvalue weighted by atomic mass is 14.9. The number of nitrogen functional groups attached to an aromatic ring is 1. The Balaban J connectivity index is 1.83. The molecule has 0 aliphatic carbocycles. The third kappa shape index (κ3) is 2.52. The number of fused-ring (bicyclic) bond motifs is 1. The van der Waals surface area contributed by atoms with Crippen molar-refractivity contribution in [2.45, 2.75) is 26.7 Å². The number of nitrogens with one attached hydrogen (secondary N) is 1. The molecule has 0 unspecified atom stereocenters. The van der Waals surface area contributed by atoms with Gasteiger partial charge in [0.15, 0.2) is 0 Å². The van der Waals surface area contributed by atoms with E-state index in [0.717, 1.165) is 35.4 Å². The fourth-order valence-electron chi connectivity index (χ4n) is 2.65. The Bertz CT molecular complexity index is 756. The number of aromatic amines is 1. The van der Waals surface area contributed by atoms with E-state index in [1.54, 1.807) is 0 Å². The minimum Gasteiger partial charge on any atom is -0.399 e. The lowest BCUT2D eigenvalue weighted by Crippen LogP contribution is -1.94. The lowest BCUT2D eigenvalue weighted by molar-refractivity contribution is 0.890. The van der Waals surface area contributed by atoms with Crippen molar-refractivity contribution in [3.63, 3.8) is 0 Å². The van der Waals surface area contributed by atoms with Crippen LogP contribution >= 0.6 is 0 Å². The van der Waals surface area contributed by atoms with Crippen LogP contribution in [0.3, 0.4) is 0 Å². The van der Waals surface area contributed by atoms with Gasteiger partial charge >= 0.3 is 0 Å². The van der Waals surface area contributed by atoms with Crippen LogP contribution in [0.15, 0.2) is 36.4 Å². The number of hydrogen-bond acceptors (Lipinski definition) is 2. The number of nitrogens with two attached hydrogens (primary N) is 1. The summed E-state index contributed by atoms with van der Waals surface area (Å²) < 4.78 is 0. The number of imidazole rings is 1. The largest absolute Gasteiger partial charge is 0.399 e. The molecule has 0 aliphatic heterocycles. The Labute approximate surface area is 118 Å². The molecule has 0 saturated heterocycles. The number of hydrogen-bond donors (Lipinski definition) is 2. The van der Waals surface area contributed by atoms with E-state index in [-0.39, 0.29) is 0 Å². The number of benzene rings is 2. The average molecular weight is 265 g/mol. The van der Waals surface area contributed by atoms with Crippen LogP contribution in [0.25, 0.3) is 11.0 Å². The van der Waals surface area contributed by atoms with E-state index >= 15 is 0 Å². The Hall–Kier alpha value is -2.29. The van der Waals surface area contributed by atoms with Gasteiger partial charge in [0.1, 0.15) is 5.82 Å². The van der Waals surface area contributed by atoms with E-state index in [2.05, 4.69) is 37.0 Å². The van der Waals surface area contributed by atoms with E-state index < -0.39 is 0 Å². The van der Waals surface area contributed by atoms with Gasteiger partial charge in [-0.2, -0.15) is 0 Å². The molecule has 3 nitrogen and oxygen atoms in total. The highest BCUT2D eigenvalue weighted by Crippen LogP contribution is 2.19. The van der Waals surface area contributed by atoms with Crippen LogP contribution in [-0.4, -0.2) is 9.97 Å². The van der Waals surface area contributed by atoms with E-state index in [4.69, 9.17) is 10.7 Å². The zero-order chi connectivity index (χ0) is 14.1. The van der Waals surface area contributed by atoms with Gasteiger partial charge in [-0.15, -0.1) is 0 Å². The van der Waals surface area contributed by atoms with E-state index in [9.17, 15) is 0 Å². The molecule has 3 rings (SSSR count). The van der Waals surface area contributed by atoms with Gasteiger partial charge in [0, 0.05) is 12.1 Å². The van der Waals surface area contributed by atoms with Gasteiger partial charge in [-0.25, -0.2) is 4.98 Å². The Morgan fingerprint density at radius 3 is 2.75 bits per heavy atom. The lowest BCUT2D eigenvalue weighted by atomic mass is 10.1. The van der Waals surface area contributed by atoms with Crippen molar-refractivity contribution in [1.82, 2.24) is 9.97 Å². The standard InChI is InChI=1S/C17H19N3/c1-11-8-12(2)17-15(9-11)19-16(20-17)7-6-13-4-3-5-14(18)10-13/h3-5,8-10H,6-7,18H2,1-2H3,(H,19,20). The third-order valence-corrected chi connectivity index (χ3v) is 3.57. The van der Waals surface area contributed by atoms with Gasteiger partial charge in [0.2, 0.25) is 0 Å². The van der Waals surface area contributed by atoms with Crippen LogP contribution in [0.1, 0.15) is 22.5 Å². The minimum absolute atomic E-state index is 0.818. The average Bonchev–Trinajstić information content (AvgIpc) is 2.80. The van der Waals surface area contributed by atoms with Crippen molar-refractivity contribution in [2.75, 3.05) is 5.73 Å². The number of aryl methyl sites for hydroxylation is 4. The van der Waals surface area contributed by atoms with Crippen LogP contribution in [0.5, 0.6) is 0 Å². The van der Waals surface area contributed by atoms with Crippen molar-refractivity contribution in [3.05, 3.63) is 58.9 Å². The molecule has 3 heteroatoms. The minimum atomic E-state index is 0.818. The Morgan fingerprint density at radius 1 is 1.10 bits per heavy atom. The van der Waals surface area contributed by atoms with Crippen molar-refractivity contribution in [3.8, 4) is 0 Å². The number of rotatable bonds is 3. The molecule has 0 fully saturated rings. The maximum absolute atomic E-state index is 5.80. The van der Waals surface area contributed by atoms with E-state index in [0.29, 0.717) is 0 Å². The molecule has 3 aromatic rings. The number of H-pyrrole nitrogens is 1. The second-order valence-corrected chi connectivity index (χ2v) is 5.41. The fourth-order valence-corrected chi connectivity index (χ4v) is 2.65. The van der Waals surface area contributed by atoms with Gasteiger partial charge in [-0.1, -0.05) is 18.2 Å². The summed E-state index contributed by atoms with van der Waals surface area (Å²) in [5.41, 5.74) is 12.6. The molecule has 1 heterocycles. The molecule has 2 aromatic carbocycles. The summed E-state index contributed by atoms with van der Waals surface area (Å²) >= 11 is 0. The number of aromatic nitrogens is 2. The topological polar surface area (TPSA) is 54.7 Å². The SMILES string of the molecule is Cc1cc(C)c2nc(CCc3cccc(N)c3)[nH]c2c1. The summed E-state index contributed by atoms with van der Waals surface area (Å²) in [5.74, 6) is 1.04. The summed E-state index contributed by atoms with van der Waals surface area (Å²) in [6.07, 6.45) is 1.85. The predicted molar refractivity (Wildman–Crippen MR) is 83.8 cm³/mol. The van der Waals surface area contributed by atoms with Gasteiger partial charge in [-0.05, 0) is 55.2 Å². The van der Waals surface area contributed by atoms with Crippen molar-refractivity contribution in [1.29, 1.82) is 0 Å². The second-order valence-electron chi connectivity index (χ2n) is 5.41. The zero-order valence-corrected chi connectivity index (χ0v) is 11.9. The van der Waals surface area contributed by atoms with Crippen LogP contribution in [-0.2, 0) is 12.8 Å². The smallest absolute Gasteiger partial charge is 0.107 e. The summed E-state index contributed by atoms with van der Waals surface area (Å²) in [4.78, 5) is 8.12. The summed E-state index contributed by atoms with van der Waals surface area (Å²) in [7, 11) is 0. The second kappa shape index (κ2) is 5.00. The van der Waals surface area contributed by atoms with E-state index in [1.165, 1.54) is 16.7 Å². The molecular formula is C17H19N3. The maximum atomic E-state index is 5.80. The maximum Gasteiger partial charge on any atom is 0.107 e. The number of anilines is 1. The van der Waals surface area contributed by atoms with Gasteiger partial charge in [0.05, 0.1) is 11.0 Å². The third-order valence-electron chi connectivity index (χ3n) is 3.57. The molecule has 0 saturated carbocycles. The quantitative estimate of drug-likeness (QED) is 0.712. The van der Waals surface area contributed by atoms with Gasteiger partial charge in [0.25, 0.3) is 0 Å². The summed E-state index contributed by atoms with van der Waals surface area (Å²) in [6.45, 7) is 4.22. The van der Waals surface area contributed by atoms with Crippen molar-refractivity contribution >= 4 is 16.7 Å².